The Balaban J connectivity index is 0.000000141. The highest BCUT2D eigenvalue weighted by Crippen LogP contribution is 2.22. The summed E-state index contributed by atoms with van der Waals surface area (Å²) in [5.74, 6) is 1.37. The van der Waals surface area contributed by atoms with Crippen LogP contribution in [0.3, 0.4) is 0 Å². The van der Waals surface area contributed by atoms with E-state index < -0.39 is 0 Å². The first kappa shape index (κ1) is 24.1. The number of phenolic OH excluding ortho intramolecular Hbond substituents is 2. The molecule has 2 radical (unpaired) electrons. The van der Waals surface area contributed by atoms with E-state index in [2.05, 4.69) is 26.6 Å². The van der Waals surface area contributed by atoms with Crippen molar-refractivity contribution in [1.29, 1.82) is 0 Å². The molecule has 6 heteroatoms. The number of para-hydroxylation sites is 2. The van der Waals surface area contributed by atoms with Crippen LogP contribution in [0.25, 0.3) is 21.8 Å². The van der Waals surface area contributed by atoms with Gasteiger partial charge in [0.25, 0.3) is 0 Å². The highest BCUT2D eigenvalue weighted by Gasteiger charge is 2.00. The maximum Gasteiger partial charge on any atom is 0.482 e. The molecule has 0 amide bonds. The lowest BCUT2D eigenvalue weighted by atomic mass is 10.2. The topological polar surface area (TPSA) is 75.5 Å². The SMILES string of the molecule is Cc1ccc([O][Al])cc1.Cc1ccc2cccc(O)c2n1.Cc1ccc2cccc(O)c2n1. The molecule has 0 aliphatic heterocycles. The summed E-state index contributed by atoms with van der Waals surface area (Å²) in [5, 5.41) is 20.8. The smallest absolute Gasteiger partial charge is 0.482 e. The fraction of sp³-hybridized carbons (Fsp3) is 0.111. The first-order chi connectivity index (χ1) is 15.9. The van der Waals surface area contributed by atoms with E-state index in [9.17, 15) is 10.2 Å². The molecule has 2 heterocycles. The Morgan fingerprint density at radius 3 is 1.48 bits per heavy atom. The molecule has 2 aromatic heterocycles. The third-order valence-electron chi connectivity index (χ3n) is 4.83. The first-order valence-corrected chi connectivity index (χ1v) is 10.9. The Hall–Kier alpha value is -3.59. The van der Waals surface area contributed by atoms with Gasteiger partial charge in [-0.1, -0.05) is 54.1 Å². The second-order valence-electron chi connectivity index (χ2n) is 7.53. The van der Waals surface area contributed by atoms with Gasteiger partial charge in [0.15, 0.2) is 0 Å². The number of phenols is 2. The molecule has 5 nitrogen and oxygen atoms in total. The van der Waals surface area contributed by atoms with Crippen molar-refractivity contribution in [1.82, 2.24) is 9.97 Å². The van der Waals surface area contributed by atoms with Crippen LogP contribution in [0.4, 0.5) is 0 Å². The van der Waals surface area contributed by atoms with Gasteiger partial charge in [-0.3, -0.25) is 0 Å². The molecular formula is C27H25AlN2O3. The van der Waals surface area contributed by atoms with E-state index in [1.165, 1.54) is 5.56 Å². The molecule has 0 unspecified atom stereocenters. The van der Waals surface area contributed by atoms with Crippen molar-refractivity contribution in [3.05, 3.63) is 102 Å². The van der Waals surface area contributed by atoms with E-state index in [1.54, 1.807) is 12.1 Å². The maximum atomic E-state index is 9.43. The summed E-state index contributed by atoms with van der Waals surface area (Å²) >= 11 is 2.21. The summed E-state index contributed by atoms with van der Waals surface area (Å²) < 4.78 is 4.89. The van der Waals surface area contributed by atoms with Crippen LogP contribution in [0.2, 0.25) is 0 Å². The van der Waals surface area contributed by atoms with E-state index in [1.807, 2.05) is 93.6 Å². The molecule has 3 aromatic carbocycles. The quantitative estimate of drug-likeness (QED) is 0.307. The molecule has 33 heavy (non-hydrogen) atoms. The zero-order chi connectivity index (χ0) is 23.8. The fourth-order valence-electron chi connectivity index (χ4n) is 3.07. The molecule has 0 bridgehead atoms. The summed E-state index contributed by atoms with van der Waals surface area (Å²) in [5.41, 5.74) is 4.45. The van der Waals surface area contributed by atoms with E-state index in [0.29, 0.717) is 11.0 Å². The number of nitrogens with zero attached hydrogens (tertiary/aromatic N) is 2. The third kappa shape index (κ3) is 6.69. The van der Waals surface area contributed by atoms with Crippen molar-refractivity contribution in [2.24, 2.45) is 0 Å². The van der Waals surface area contributed by atoms with Crippen LogP contribution in [0.5, 0.6) is 17.2 Å². The minimum absolute atomic E-state index is 0.246. The lowest BCUT2D eigenvalue weighted by Gasteiger charge is -2.00. The molecule has 0 atom stereocenters. The Morgan fingerprint density at radius 1 is 0.606 bits per heavy atom. The molecule has 5 rings (SSSR count). The van der Waals surface area contributed by atoms with Crippen molar-refractivity contribution in [3.8, 4) is 17.2 Å². The Morgan fingerprint density at radius 2 is 1.06 bits per heavy atom. The van der Waals surface area contributed by atoms with Gasteiger partial charge in [0, 0.05) is 22.2 Å². The zero-order valence-corrected chi connectivity index (χ0v) is 20.0. The number of aromatic hydroxyl groups is 2. The van der Waals surface area contributed by atoms with E-state index in [-0.39, 0.29) is 11.5 Å². The second kappa shape index (κ2) is 11.3. The standard InChI is InChI=1S/2C10H9NO.C7H8O.Al/c2*1-7-5-6-8-3-2-4-9(12)10(8)11-7;1-6-2-4-7(8)5-3-6;/h2*2-6,12H,1H3;2-5,8H,1H3;/q;;;+1/p-1. The van der Waals surface area contributed by atoms with Crippen LogP contribution in [0, 0.1) is 20.8 Å². The van der Waals surface area contributed by atoms with Crippen LogP contribution < -0.4 is 3.79 Å². The predicted molar refractivity (Wildman–Crippen MR) is 134 cm³/mol. The van der Waals surface area contributed by atoms with Crippen molar-refractivity contribution in [2.75, 3.05) is 0 Å². The maximum absolute atomic E-state index is 9.43. The molecule has 0 aliphatic rings. The number of benzene rings is 3. The molecule has 2 N–H and O–H groups in total. The summed E-state index contributed by atoms with van der Waals surface area (Å²) in [7, 11) is 0. The van der Waals surface area contributed by atoms with Crippen LogP contribution in [-0.4, -0.2) is 36.8 Å². The lowest BCUT2D eigenvalue weighted by Crippen LogP contribution is -1.83. The summed E-state index contributed by atoms with van der Waals surface area (Å²) in [4.78, 5) is 8.45. The molecule has 0 saturated carbocycles. The molecule has 0 saturated heterocycles. The van der Waals surface area contributed by atoms with Gasteiger partial charge in [0.2, 0.25) is 0 Å². The monoisotopic (exact) mass is 452 g/mol. The molecule has 164 valence electrons. The normalized spacial score (nSPS) is 10.0. The van der Waals surface area contributed by atoms with E-state index in [4.69, 9.17) is 3.79 Å². The van der Waals surface area contributed by atoms with Gasteiger partial charge in [-0.05, 0) is 57.2 Å². The Kier molecular flexibility index (Phi) is 8.26. The zero-order valence-electron chi connectivity index (χ0n) is 18.9. The van der Waals surface area contributed by atoms with Crippen LogP contribution in [0.1, 0.15) is 17.0 Å². The van der Waals surface area contributed by atoms with Crippen molar-refractivity contribution < 1.29 is 14.0 Å². The third-order valence-corrected chi connectivity index (χ3v) is 5.11. The van der Waals surface area contributed by atoms with Gasteiger partial charge in [-0.2, -0.15) is 0 Å². The van der Waals surface area contributed by atoms with E-state index in [0.717, 1.165) is 27.9 Å². The van der Waals surface area contributed by atoms with Gasteiger partial charge in [-0.15, -0.1) is 0 Å². The van der Waals surface area contributed by atoms with Gasteiger partial charge >= 0.3 is 16.6 Å². The number of hydrogen-bond acceptors (Lipinski definition) is 5. The van der Waals surface area contributed by atoms with E-state index >= 15 is 0 Å². The highest BCUT2D eigenvalue weighted by molar-refractivity contribution is 5.99. The highest BCUT2D eigenvalue weighted by atomic mass is 27.1. The Labute approximate surface area is 202 Å². The molecule has 0 fully saturated rings. The van der Waals surface area contributed by atoms with Gasteiger partial charge < -0.3 is 14.0 Å². The number of aromatic nitrogens is 2. The average Bonchev–Trinajstić information content (AvgIpc) is 2.82. The van der Waals surface area contributed by atoms with Gasteiger partial charge in [0.05, 0.1) is 5.75 Å². The predicted octanol–water partition coefficient (Wildman–Crippen LogP) is 5.95. The summed E-state index contributed by atoms with van der Waals surface area (Å²) in [6, 6.07) is 26.5. The van der Waals surface area contributed by atoms with Crippen LogP contribution >= 0.6 is 0 Å². The molecule has 0 spiro atoms. The average molecular weight is 452 g/mol. The lowest BCUT2D eigenvalue weighted by molar-refractivity contribution is 0.480. The number of aryl methyl sites for hydroxylation is 3. The molecular weight excluding hydrogens is 427 g/mol. The minimum Gasteiger partial charge on any atom is -0.654 e. The Bertz CT molecular complexity index is 1270. The fourth-order valence-corrected chi connectivity index (χ4v) is 3.23. The molecule has 5 aromatic rings. The van der Waals surface area contributed by atoms with Crippen LogP contribution in [0.15, 0.2) is 84.9 Å². The number of rotatable bonds is 1. The van der Waals surface area contributed by atoms with Crippen LogP contribution in [-0.2, 0) is 0 Å². The minimum atomic E-state index is 0.246. The van der Waals surface area contributed by atoms with Crippen molar-refractivity contribution >= 4 is 38.4 Å². The number of hydrogen-bond donors (Lipinski definition) is 2. The molecule has 0 aliphatic carbocycles. The van der Waals surface area contributed by atoms with Gasteiger partial charge in [-0.25, -0.2) is 9.97 Å². The second-order valence-corrected chi connectivity index (χ2v) is 7.77. The number of fused-ring (bicyclic) bond motifs is 2. The first-order valence-electron chi connectivity index (χ1n) is 10.4. The summed E-state index contributed by atoms with van der Waals surface area (Å²) in [6.07, 6.45) is 0. The summed E-state index contributed by atoms with van der Waals surface area (Å²) in [6.45, 7) is 5.87. The largest absolute Gasteiger partial charge is 0.654 e. The van der Waals surface area contributed by atoms with Crippen molar-refractivity contribution in [2.45, 2.75) is 20.8 Å². The van der Waals surface area contributed by atoms with Crippen molar-refractivity contribution in [3.63, 3.8) is 0 Å². The van der Waals surface area contributed by atoms with Gasteiger partial charge in [0.1, 0.15) is 22.5 Å². The number of pyridine rings is 2.